The van der Waals surface area contributed by atoms with Crippen molar-refractivity contribution < 1.29 is 65.2 Å². The average molecular weight is 731 g/mol. The molecule has 3 aromatic carbocycles. The van der Waals surface area contributed by atoms with Crippen molar-refractivity contribution in [3.05, 3.63) is 108 Å². The van der Waals surface area contributed by atoms with Crippen molar-refractivity contribution in [2.45, 2.75) is 51.4 Å². The van der Waals surface area contributed by atoms with Crippen molar-refractivity contribution in [3.63, 3.8) is 0 Å². The molecule has 0 heterocycles. The molecule has 0 aliphatic rings. The molecule has 0 unspecified atom stereocenters. The predicted octanol–water partition coefficient (Wildman–Crippen LogP) is 8.02. The molecule has 10 nitrogen and oxygen atoms in total. The molecule has 0 aromatic heterocycles. The first kappa shape index (κ1) is 40.8. The van der Waals surface area contributed by atoms with Crippen molar-refractivity contribution in [1.29, 1.82) is 0 Å². The summed E-state index contributed by atoms with van der Waals surface area (Å²) in [5.41, 5.74) is -0.402. The minimum Gasteiger partial charge on any atom is -0.494 e. The summed E-state index contributed by atoms with van der Waals surface area (Å²) in [5, 5.41) is 0. The molecule has 0 fully saturated rings. The molecular weight excluding hydrogens is 692 g/mol. The van der Waals surface area contributed by atoms with Gasteiger partial charge in [-0.15, -0.1) is 0 Å². The Morgan fingerprint density at radius 2 is 0.788 bits per heavy atom. The average Bonchev–Trinajstić information content (AvgIpc) is 3.16. The van der Waals surface area contributed by atoms with Crippen LogP contribution in [-0.4, -0.2) is 50.3 Å². The fraction of sp³-hybridized carbons (Fsp3) is 0.316. The summed E-state index contributed by atoms with van der Waals surface area (Å²) in [6.45, 7) is 7.92. The highest BCUT2D eigenvalue weighted by atomic mass is 19.2. The quantitative estimate of drug-likeness (QED) is 0.0251. The molecule has 52 heavy (non-hydrogen) atoms. The van der Waals surface area contributed by atoms with E-state index in [9.17, 15) is 36.7 Å². The SMILES string of the molecule is C=CC(=O)OCCCCCCOc1ccc(C(=O)Oc2c(F)c(F)c(OC(=O)c3ccc(OCCCCCCOC(=O)C=C)cc3)c(F)c2F)cc1. The van der Waals surface area contributed by atoms with Gasteiger partial charge in [0.15, 0.2) is 0 Å². The van der Waals surface area contributed by atoms with Crippen LogP contribution in [0.15, 0.2) is 73.8 Å². The molecule has 0 bridgehead atoms. The van der Waals surface area contributed by atoms with Gasteiger partial charge in [-0.3, -0.25) is 0 Å². The van der Waals surface area contributed by atoms with Gasteiger partial charge in [-0.1, -0.05) is 13.2 Å². The number of hydrogen-bond acceptors (Lipinski definition) is 10. The fourth-order valence-electron chi connectivity index (χ4n) is 4.41. The second kappa shape index (κ2) is 21.5. The van der Waals surface area contributed by atoms with E-state index in [0.717, 1.165) is 37.8 Å². The van der Waals surface area contributed by atoms with Crippen LogP contribution in [0.25, 0.3) is 0 Å². The Balaban J connectivity index is 1.48. The Kier molecular flexibility index (Phi) is 16.9. The van der Waals surface area contributed by atoms with E-state index in [-0.39, 0.29) is 11.1 Å². The smallest absolute Gasteiger partial charge is 0.343 e. The fourth-order valence-corrected chi connectivity index (χ4v) is 4.41. The van der Waals surface area contributed by atoms with Crippen LogP contribution in [0.1, 0.15) is 72.1 Å². The van der Waals surface area contributed by atoms with Crippen molar-refractivity contribution in [1.82, 2.24) is 0 Å². The maximum absolute atomic E-state index is 14.8. The molecule has 0 saturated carbocycles. The summed E-state index contributed by atoms with van der Waals surface area (Å²) in [7, 11) is 0. The first-order valence-corrected chi connectivity index (χ1v) is 16.4. The summed E-state index contributed by atoms with van der Waals surface area (Å²) in [4.78, 5) is 47.1. The number of esters is 4. The highest BCUT2D eigenvalue weighted by Crippen LogP contribution is 2.35. The van der Waals surface area contributed by atoms with E-state index >= 15 is 0 Å². The molecule has 0 N–H and O–H groups in total. The largest absolute Gasteiger partial charge is 0.494 e. The lowest BCUT2D eigenvalue weighted by Crippen LogP contribution is -2.16. The first-order chi connectivity index (χ1) is 25.0. The second-order valence-corrected chi connectivity index (χ2v) is 11.0. The Bertz CT molecular complexity index is 1540. The zero-order valence-electron chi connectivity index (χ0n) is 28.3. The highest BCUT2D eigenvalue weighted by Gasteiger charge is 2.31. The van der Waals surface area contributed by atoms with E-state index in [1.54, 1.807) is 0 Å². The number of hydrogen-bond donors (Lipinski definition) is 0. The van der Waals surface area contributed by atoms with Gasteiger partial charge in [0, 0.05) is 12.2 Å². The number of ether oxygens (including phenoxy) is 6. The Morgan fingerprint density at radius 3 is 1.10 bits per heavy atom. The lowest BCUT2D eigenvalue weighted by Gasteiger charge is -2.13. The summed E-state index contributed by atoms with van der Waals surface area (Å²) < 4.78 is 89.5. The normalized spacial score (nSPS) is 10.5. The van der Waals surface area contributed by atoms with Gasteiger partial charge in [0.1, 0.15) is 11.5 Å². The van der Waals surface area contributed by atoms with E-state index in [4.69, 9.17) is 18.9 Å². The maximum Gasteiger partial charge on any atom is 0.343 e. The summed E-state index contributed by atoms with van der Waals surface area (Å²) in [6, 6.07) is 10.5. The van der Waals surface area contributed by atoms with Crippen molar-refractivity contribution in [2.75, 3.05) is 26.4 Å². The highest BCUT2D eigenvalue weighted by molar-refractivity contribution is 5.92. The predicted molar refractivity (Wildman–Crippen MR) is 179 cm³/mol. The van der Waals surface area contributed by atoms with Gasteiger partial charge in [0.25, 0.3) is 0 Å². The van der Waals surface area contributed by atoms with Gasteiger partial charge < -0.3 is 28.4 Å². The molecule has 3 aromatic rings. The van der Waals surface area contributed by atoms with Gasteiger partial charge in [0.2, 0.25) is 34.8 Å². The first-order valence-electron chi connectivity index (χ1n) is 16.4. The molecule has 0 saturated heterocycles. The zero-order valence-corrected chi connectivity index (χ0v) is 28.3. The van der Waals surface area contributed by atoms with Crippen molar-refractivity contribution >= 4 is 23.9 Å². The lowest BCUT2D eigenvalue weighted by atomic mass is 10.2. The third kappa shape index (κ3) is 12.9. The molecule has 0 amide bonds. The van der Waals surface area contributed by atoms with Crippen LogP contribution in [0.4, 0.5) is 17.6 Å². The van der Waals surface area contributed by atoms with Crippen LogP contribution in [0.5, 0.6) is 23.0 Å². The second-order valence-electron chi connectivity index (χ2n) is 11.0. The van der Waals surface area contributed by atoms with Gasteiger partial charge in [0.05, 0.1) is 37.6 Å². The Labute approximate surface area is 297 Å². The molecule has 0 aliphatic carbocycles. The lowest BCUT2D eigenvalue weighted by molar-refractivity contribution is -0.138. The minimum atomic E-state index is -2.09. The molecular formula is C38H38F4O10. The van der Waals surface area contributed by atoms with E-state index in [1.807, 2.05) is 0 Å². The number of rotatable bonds is 22. The molecule has 3 rings (SSSR count). The van der Waals surface area contributed by atoms with Crippen LogP contribution in [0.3, 0.4) is 0 Å². The molecule has 0 spiro atoms. The van der Waals surface area contributed by atoms with Crippen LogP contribution in [0.2, 0.25) is 0 Å². The molecule has 0 aliphatic heterocycles. The van der Waals surface area contributed by atoms with Gasteiger partial charge in [-0.05, 0) is 99.9 Å². The zero-order chi connectivity index (χ0) is 37.9. The van der Waals surface area contributed by atoms with E-state index in [2.05, 4.69) is 22.6 Å². The Morgan fingerprint density at radius 1 is 0.481 bits per heavy atom. The van der Waals surface area contributed by atoms with E-state index < -0.39 is 58.6 Å². The minimum absolute atomic E-state index is 0.201. The van der Waals surface area contributed by atoms with Gasteiger partial charge in [-0.2, -0.15) is 17.6 Å². The number of carbonyl (C=O) groups excluding carboxylic acids is 4. The van der Waals surface area contributed by atoms with Crippen LogP contribution >= 0.6 is 0 Å². The summed E-state index contributed by atoms with van der Waals surface area (Å²) in [6.07, 6.45) is 8.20. The van der Waals surface area contributed by atoms with E-state index in [0.29, 0.717) is 63.6 Å². The van der Waals surface area contributed by atoms with Gasteiger partial charge in [-0.25, -0.2) is 19.2 Å². The summed E-state index contributed by atoms with van der Waals surface area (Å²) >= 11 is 0. The standard InChI is InChI=1S/C38H38F4O10/c1-3-29(43)49-23-11-7-5-9-21-47-27-17-13-25(14-18-27)37(45)51-35-31(39)33(41)36(34(42)32(35)40)52-38(46)26-15-19-28(20-16-26)48-22-10-6-8-12-24-50-30(44)4-2/h3-4,13-20H,1-2,5-12,21-24H2. The molecule has 0 atom stereocenters. The van der Waals surface area contributed by atoms with Crippen molar-refractivity contribution in [3.8, 4) is 23.0 Å². The monoisotopic (exact) mass is 730 g/mol. The number of benzene rings is 3. The van der Waals surface area contributed by atoms with E-state index in [1.165, 1.54) is 48.5 Å². The number of carbonyl (C=O) groups is 4. The van der Waals surface area contributed by atoms with Gasteiger partial charge >= 0.3 is 23.9 Å². The summed E-state index contributed by atoms with van der Waals surface area (Å²) in [5.74, 6) is -14.5. The molecule has 278 valence electrons. The van der Waals surface area contributed by atoms with Crippen LogP contribution < -0.4 is 18.9 Å². The number of unbranched alkanes of at least 4 members (excludes halogenated alkanes) is 6. The molecule has 14 heteroatoms. The van der Waals surface area contributed by atoms with Crippen LogP contribution in [-0.2, 0) is 19.1 Å². The number of halogens is 4. The third-order valence-corrected chi connectivity index (χ3v) is 7.19. The third-order valence-electron chi connectivity index (χ3n) is 7.19. The Hall–Kier alpha value is -5.66. The van der Waals surface area contributed by atoms with Crippen molar-refractivity contribution in [2.24, 2.45) is 0 Å². The van der Waals surface area contributed by atoms with Crippen LogP contribution in [0, 0.1) is 23.3 Å². The molecule has 0 radical (unpaired) electrons. The maximum atomic E-state index is 14.8. The topological polar surface area (TPSA) is 124 Å².